The van der Waals surface area contributed by atoms with E-state index < -0.39 is 5.79 Å². The maximum atomic E-state index is 12.8. The van der Waals surface area contributed by atoms with Crippen LogP contribution in [0, 0.1) is 11.8 Å². The molecule has 1 fully saturated rings. The molecular weight excluding hydrogens is 328 g/mol. The molecule has 1 aliphatic rings. The van der Waals surface area contributed by atoms with Crippen molar-refractivity contribution >= 4 is 5.91 Å². The lowest BCUT2D eigenvalue weighted by molar-refractivity contribution is -0.137. The molecule has 1 atom stereocenters. The minimum absolute atomic E-state index is 0.0297. The molecule has 0 radical (unpaired) electrons. The molecule has 3 N–H and O–H groups in total. The van der Waals surface area contributed by atoms with Crippen LogP contribution in [0.25, 0.3) is 0 Å². The summed E-state index contributed by atoms with van der Waals surface area (Å²) in [5.74, 6) is 5.11. The maximum Gasteiger partial charge on any atom is 0.248 e. The van der Waals surface area contributed by atoms with Crippen LogP contribution in [-0.4, -0.2) is 47.8 Å². The molecule has 134 valence electrons. The van der Waals surface area contributed by atoms with Crippen LogP contribution in [0.1, 0.15) is 29.2 Å². The van der Waals surface area contributed by atoms with Gasteiger partial charge in [-0.1, -0.05) is 11.8 Å². The van der Waals surface area contributed by atoms with E-state index in [4.69, 9.17) is 0 Å². The predicted octanol–water partition coefficient (Wildman–Crippen LogP) is 0.419. The summed E-state index contributed by atoms with van der Waals surface area (Å²) >= 11 is 0. The highest BCUT2D eigenvalue weighted by Gasteiger charge is 2.50. The van der Waals surface area contributed by atoms with Crippen molar-refractivity contribution in [1.82, 2.24) is 31.0 Å². The number of hydrazine groups is 1. The number of rotatable bonds is 4. The van der Waals surface area contributed by atoms with Gasteiger partial charge in [-0.05, 0) is 38.4 Å². The van der Waals surface area contributed by atoms with E-state index in [1.165, 1.54) is 0 Å². The van der Waals surface area contributed by atoms with Crippen LogP contribution in [0.4, 0.5) is 0 Å². The van der Waals surface area contributed by atoms with Crippen molar-refractivity contribution in [2.45, 2.75) is 18.1 Å². The zero-order valence-electron chi connectivity index (χ0n) is 15.1. The van der Waals surface area contributed by atoms with Gasteiger partial charge in [0.05, 0.1) is 11.6 Å². The number of carbonyl (C=O) groups excluding carboxylic acids is 1. The molecule has 1 unspecified atom stereocenters. The highest BCUT2D eigenvalue weighted by molar-refractivity contribution is 5.86. The SMILES string of the molecule is CNN1C(=O)C(c2ccc(C#Cc3cccnc3)cn2)CC1(NC)NC. The van der Waals surface area contributed by atoms with Crippen molar-refractivity contribution in [3.8, 4) is 11.8 Å². The molecule has 2 aromatic rings. The number of nitrogens with one attached hydrogen (secondary N) is 3. The maximum absolute atomic E-state index is 12.8. The third-order valence-electron chi connectivity index (χ3n) is 4.61. The van der Waals surface area contributed by atoms with Crippen LogP contribution >= 0.6 is 0 Å². The summed E-state index contributed by atoms with van der Waals surface area (Å²) in [6.45, 7) is 0. The first-order chi connectivity index (χ1) is 12.6. The van der Waals surface area contributed by atoms with E-state index in [1.54, 1.807) is 30.6 Å². The van der Waals surface area contributed by atoms with Gasteiger partial charge in [0.1, 0.15) is 0 Å². The summed E-state index contributed by atoms with van der Waals surface area (Å²) in [5.41, 5.74) is 5.33. The largest absolute Gasteiger partial charge is 0.284 e. The summed E-state index contributed by atoms with van der Waals surface area (Å²) < 4.78 is 0. The van der Waals surface area contributed by atoms with Crippen molar-refractivity contribution in [3.63, 3.8) is 0 Å². The second-order valence-corrected chi connectivity index (χ2v) is 5.98. The van der Waals surface area contributed by atoms with Gasteiger partial charge in [-0.25, -0.2) is 10.4 Å². The monoisotopic (exact) mass is 350 g/mol. The number of amides is 1. The molecular formula is C19H22N6O. The van der Waals surface area contributed by atoms with E-state index in [9.17, 15) is 4.79 Å². The van der Waals surface area contributed by atoms with E-state index >= 15 is 0 Å². The van der Waals surface area contributed by atoms with Crippen molar-refractivity contribution < 1.29 is 4.79 Å². The fourth-order valence-corrected chi connectivity index (χ4v) is 3.17. The van der Waals surface area contributed by atoms with Gasteiger partial charge in [0.15, 0.2) is 5.79 Å². The Kier molecular flexibility index (Phi) is 5.28. The van der Waals surface area contributed by atoms with Gasteiger partial charge < -0.3 is 0 Å². The predicted molar refractivity (Wildman–Crippen MR) is 98.6 cm³/mol. The molecule has 0 spiro atoms. The fourth-order valence-electron chi connectivity index (χ4n) is 3.17. The number of hydrogen-bond acceptors (Lipinski definition) is 6. The average molecular weight is 350 g/mol. The first-order valence-electron chi connectivity index (χ1n) is 8.41. The van der Waals surface area contributed by atoms with Gasteiger partial charge in [0.25, 0.3) is 0 Å². The molecule has 0 aromatic carbocycles. The van der Waals surface area contributed by atoms with Crippen LogP contribution in [-0.2, 0) is 4.79 Å². The number of carbonyl (C=O) groups is 1. The van der Waals surface area contributed by atoms with Crippen molar-refractivity contribution in [1.29, 1.82) is 0 Å². The lowest BCUT2D eigenvalue weighted by Crippen LogP contribution is -2.66. The molecule has 2 aromatic heterocycles. The quantitative estimate of drug-likeness (QED) is 0.548. The summed E-state index contributed by atoms with van der Waals surface area (Å²) in [4.78, 5) is 21.3. The van der Waals surface area contributed by atoms with Gasteiger partial charge in [-0.15, -0.1) is 0 Å². The van der Waals surface area contributed by atoms with Gasteiger partial charge >= 0.3 is 0 Å². The summed E-state index contributed by atoms with van der Waals surface area (Å²) in [7, 11) is 5.37. The second kappa shape index (κ2) is 7.62. The lowest BCUT2D eigenvalue weighted by atomic mass is 10.00. The van der Waals surface area contributed by atoms with Crippen LogP contribution in [0.15, 0.2) is 42.9 Å². The van der Waals surface area contributed by atoms with Crippen LogP contribution < -0.4 is 16.1 Å². The normalized spacial score (nSPS) is 18.5. The van der Waals surface area contributed by atoms with Gasteiger partial charge in [-0.3, -0.25) is 25.4 Å². The van der Waals surface area contributed by atoms with Crippen LogP contribution in [0.5, 0.6) is 0 Å². The van der Waals surface area contributed by atoms with Gasteiger partial charge in [-0.2, -0.15) is 0 Å². The Morgan fingerprint density at radius 1 is 1.12 bits per heavy atom. The summed E-state index contributed by atoms with van der Waals surface area (Å²) in [6, 6.07) is 7.51. The first kappa shape index (κ1) is 18.0. The van der Waals surface area contributed by atoms with E-state index in [1.807, 2.05) is 38.4 Å². The first-order valence-corrected chi connectivity index (χ1v) is 8.41. The molecule has 7 nitrogen and oxygen atoms in total. The number of hydrogen-bond donors (Lipinski definition) is 3. The minimum atomic E-state index is -0.642. The second-order valence-electron chi connectivity index (χ2n) is 5.98. The van der Waals surface area contributed by atoms with E-state index in [0.717, 1.165) is 16.8 Å². The lowest BCUT2D eigenvalue weighted by Gasteiger charge is -2.36. The van der Waals surface area contributed by atoms with Crippen LogP contribution in [0.3, 0.4) is 0 Å². The number of pyridine rings is 2. The van der Waals surface area contributed by atoms with Crippen molar-refractivity contribution in [3.05, 3.63) is 59.7 Å². The molecule has 0 bridgehead atoms. The molecule has 1 aliphatic heterocycles. The molecule has 0 aliphatic carbocycles. The molecule has 1 amide bonds. The zero-order valence-corrected chi connectivity index (χ0v) is 15.1. The van der Waals surface area contributed by atoms with E-state index in [-0.39, 0.29) is 11.8 Å². The van der Waals surface area contributed by atoms with Gasteiger partial charge in [0.2, 0.25) is 5.91 Å². The number of nitrogens with zero attached hydrogens (tertiary/aromatic N) is 3. The Bertz CT molecular complexity index is 821. The Balaban J connectivity index is 1.81. The summed E-state index contributed by atoms with van der Waals surface area (Å²) in [5, 5.41) is 7.95. The zero-order chi connectivity index (χ0) is 18.6. The summed E-state index contributed by atoms with van der Waals surface area (Å²) in [6.07, 6.45) is 5.69. The third kappa shape index (κ3) is 3.30. The minimum Gasteiger partial charge on any atom is -0.284 e. The molecule has 0 saturated carbocycles. The van der Waals surface area contributed by atoms with Gasteiger partial charge in [0, 0.05) is 43.2 Å². The molecule has 7 heteroatoms. The topological polar surface area (TPSA) is 82.2 Å². The average Bonchev–Trinajstić information content (AvgIpc) is 2.99. The standard InChI is InChI=1S/C19H22N6O/c1-20-19(21-2)11-16(18(26)25(19)22-3)17-9-8-15(13-24-17)7-6-14-5-4-10-23-12-14/h4-5,8-10,12-13,16,20-22H,11H2,1-3H3. The van der Waals surface area contributed by atoms with Crippen molar-refractivity contribution in [2.24, 2.45) is 0 Å². The Morgan fingerprint density at radius 2 is 1.85 bits per heavy atom. The fraction of sp³-hybridized carbons (Fsp3) is 0.316. The van der Waals surface area contributed by atoms with E-state index in [2.05, 4.69) is 37.9 Å². The number of aromatic nitrogens is 2. The third-order valence-corrected chi connectivity index (χ3v) is 4.61. The highest BCUT2D eigenvalue weighted by atomic mass is 16.2. The molecule has 26 heavy (non-hydrogen) atoms. The highest BCUT2D eigenvalue weighted by Crippen LogP contribution is 2.34. The Hall–Kier alpha value is -2.79. The Labute approximate surface area is 153 Å². The van der Waals surface area contributed by atoms with Crippen LogP contribution in [0.2, 0.25) is 0 Å². The van der Waals surface area contributed by atoms with E-state index in [0.29, 0.717) is 6.42 Å². The molecule has 1 saturated heterocycles. The Morgan fingerprint density at radius 3 is 2.35 bits per heavy atom. The smallest absolute Gasteiger partial charge is 0.248 e. The molecule has 3 heterocycles. The molecule has 3 rings (SSSR count). The van der Waals surface area contributed by atoms with Crippen molar-refractivity contribution in [2.75, 3.05) is 21.1 Å².